The van der Waals surface area contributed by atoms with E-state index in [1.54, 1.807) is 20.0 Å². The summed E-state index contributed by atoms with van der Waals surface area (Å²) in [6, 6.07) is 6.40. The molecule has 1 fully saturated rings. The predicted molar refractivity (Wildman–Crippen MR) is 110 cm³/mol. The van der Waals surface area contributed by atoms with Crippen molar-refractivity contribution in [3.05, 3.63) is 35.1 Å². The quantitative estimate of drug-likeness (QED) is 0.422. The Morgan fingerprint density at radius 3 is 2.54 bits per heavy atom. The van der Waals surface area contributed by atoms with Gasteiger partial charge in [0.05, 0.1) is 0 Å². The summed E-state index contributed by atoms with van der Waals surface area (Å²) < 4.78 is 13.6. The number of aryl methyl sites for hydroxylation is 1. The number of rotatable bonds is 4. The Morgan fingerprint density at radius 1 is 1.33 bits per heavy atom. The van der Waals surface area contributed by atoms with Crippen LogP contribution in [0.4, 0.5) is 4.39 Å². The Balaban J connectivity index is 0.00000288. The second-order valence-electron chi connectivity index (χ2n) is 6.56. The van der Waals surface area contributed by atoms with Gasteiger partial charge in [0, 0.05) is 38.8 Å². The highest BCUT2D eigenvalue weighted by molar-refractivity contribution is 14.0. The minimum Gasteiger partial charge on any atom is -0.354 e. The standard InChI is InChI=1S/C18H29FN4.HI/c1-13(2)23-9-7-16(8-10-23)22-18(20-4)21-12-15-6-5-14(3)17(19)11-15;/h5-6,11,13,16H,7-10,12H2,1-4H3,(H2,20,21,22);1H. The molecule has 1 aromatic rings. The third-order valence-corrected chi connectivity index (χ3v) is 4.52. The van der Waals surface area contributed by atoms with E-state index in [4.69, 9.17) is 0 Å². The fourth-order valence-corrected chi connectivity index (χ4v) is 2.88. The highest BCUT2D eigenvalue weighted by Gasteiger charge is 2.21. The van der Waals surface area contributed by atoms with E-state index in [-0.39, 0.29) is 29.8 Å². The zero-order valence-electron chi connectivity index (χ0n) is 15.1. The summed E-state index contributed by atoms with van der Waals surface area (Å²) in [5, 5.41) is 6.75. The fourth-order valence-electron chi connectivity index (χ4n) is 2.88. The van der Waals surface area contributed by atoms with E-state index >= 15 is 0 Å². The maximum atomic E-state index is 13.6. The minimum atomic E-state index is -0.159. The lowest BCUT2D eigenvalue weighted by molar-refractivity contribution is 0.167. The van der Waals surface area contributed by atoms with Gasteiger partial charge in [-0.15, -0.1) is 24.0 Å². The van der Waals surface area contributed by atoms with Crippen LogP contribution in [0.3, 0.4) is 0 Å². The number of nitrogens with zero attached hydrogens (tertiary/aromatic N) is 2. The van der Waals surface area contributed by atoms with Gasteiger partial charge in [0.15, 0.2) is 5.96 Å². The van der Waals surface area contributed by atoms with Crippen molar-refractivity contribution in [3.63, 3.8) is 0 Å². The number of halogens is 2. The normalized spacial score (nSPS) is 16.8. The van der Waals surface area contributed by atoms with Crippen molar-refractivity contribution in [1.82, 2.24) is 15.5 Å². The molecule has 1 aliphatic heterocycles. The van der Waals surface area contributed by atoms with Crippen LogP contribution in [-0.2, 0) is 6.54 Å². The molecule has 1 heterocycles. The highest BCUT2D eigenvalue weighted by Crippen LogP contribution is 2.13. The maximum Gasteiger partial charge on any atom is 0.191 e. The summed E-state index contributed by atoms with van der Waals surface area (Å²) in [7, 11) is 1.77. The average molecular weight is 448 g/mol. The highest BCUT2D eigenvalue weighted by atomic mass is 127. The molecule has 0 radical (unpaired) electrons. The summed E-state index contributed by atoms with van der Waals surface area (Å²) >= 11 is 0. The monoisotopic (exact) mass is 448 g/mol. The molecule has 0 aromatic heterocycles. The van der Waals surface area contributed by atoms with Gasteiger partial charge in [-0.3, -0.25) is 4.99 Å². The molecule has 1 aliphatic rings. The molecule has 0 spiro atoms. The lowest BCUT2D eigenvalue weighted by Gasteiger charge is -2.35. The van der Waals surface area contributed by atoms with Gasteiger partial charge >= 0.3 is 0 Å². The van der Waals surface area contributed by atoms with Crippen LogP contribution in [0, 0.1) is 12.7 Å². The van der Waals surface area contributed by atoms with Gasteiger partial charge in [0.2, 0.25) is 0 Å². The van der Waals surface area contributed by atoms with Crippen LogP contribution in [-0.4, -0.2) is 43.1 Å². The molecule has 136 valence electrons. The van der Waals surface area contributed by atoms with Gasteiger partial charge in [-0.2, -0.15) is 0 Å². The molecule has 1 saturated heterocycles. The topological polar surface area (TPSA) is 39.7 Å². The molecule has 0 saturated carbocycles. The fraction of sp³-hybridized carbons (Fsp3) is 0.611. The lowest BCUT2D eigenvalue weighted by Crippen LogP contribution is -2.49. The Kier molecular flexibility index (Phi) is 8.97. The maximum absolute atomic E-state index is 13.6. The second kappa shape index (κ2) is 10.2. The van der Waals surface area contributed by atoms with Crippen molar-refractivity contribution in [2.45, 2.75) is 52.2 Å². The van der Waals surface area contributed by atoms with E-state index in [9.17, 15) is 4.39 Å². The van der Waals surface area contributed by atoms with Crippen LogP contribution in [0.25, 0.3) is 0 Å². The first kappa shape index (κ1) is 21.2. The molecule has 0 bridgehead atoms. The first-order valence-corrected chi connectivity index (χ1v) is 8.46. The second-order valence-corrected chi connectivity index (χ2v) is 6.56. The number of guanidine groups is 1. The number of likely N-dealkylation sites (tertiary alicyclic amines) is 1. The van der Waals surface area contributed by atoms with E-state index in [1.807, 2.05) is 12.1 Å². The molecule has 1 aromatic carbocycles. The lowest BCUT2D eigenvalue weighted by atomic mass is 10.0. The Bertz CT molecular complexity index is 540. The molecule has 4 nitrogen and oxygen atoms in total. The van der Waals surface area contributed by atoms with Crippen LogP contribution in [0.5, 0.6) is 0 Å². The summed E-state index contributed by atoms with van der Waals surface area (Å²) in [6.07, 6.45) is 2.25. The summed E-state index contributed by atoms with van der Waals surface area (Å²) in [5.41, 5.74) is 1.60. The molecule has 0 atom stereocenters. The van der Waals surface area contributed by atoms with Crippen molar-refractivity contribution in [1.29, 1.82) is 0 Å². The Hall–Kier alpha value is -0.890. The first-order valence-electron chi connectivity index (χ1n) is 8.46. The third-order valence-electron chi connectivity index (χ3n) is 4.52. The molecular formula is C18H30FIN4. The van der Waals surface area contributed by atoms with Gasteiger partial charge in [0.25, 0.3) is 0 Å². The zero-order chi connectivity index (χ0) is 16.8. The number of benzene rings is 1. The van der Waals surface area contributed by atoms with Crippen molar-refractivity contribution >= 4 is 29.9 Å². The van der Waals surface area contributed by atoms with Crippen LogP contribution in [0.2, 0.25) is 0 Å². The minimum absolute atomic E-state index is 0. The average Bonchev–Trinajstić information content (AvgIpc) is 2.55. The van der Waals surface area contributed by atoms with Gasteiger partial charge in [0.1, 0.15) is 5.82 Å². The number of aliphatic imine (C=N–C) groups is 1. The SMILES string of the molecule is CN=C(NCc1ccc(C)c(F)c1)NC1CCN(C(C)C)CC1.I. The van der Waals surface area contributed by atoms with Crippen molar-refractivity contribution in [2.24, 2.45) is 4.99 Å². The van der Waals surface area contributed by atoms with Crippen LogP contribution < -0.4 is 10.6 Å². The largest absolute Gasteiger partial charge is 0.354 e. The zero-order valence-corrected chi connectivity index (χ0v) is 17.4. The number of hydrogen-bond donors (Lipinski definition) is 2. The predicted octanol–water partition coefficient (Wildman–Crippen LogP) is 3.29. The third kappa shape index (κ3) is 6.20. The van der Waals surface area contributed by atoms with E-state index in [2.05, 4.69) is 34.4 Å². The molecule has 0 unspecified atom stereocenters. The molecule has 2 rings (SSSR count). The van der Waals surface area contributed by atoms with Gasteiger partial charge in [-0.1, -0.05) is 12.1 Å². The smallest absolute Gasteiger partial charge is 0.191 e. The Labute approximate surface area is 162 Å². The number of hydrogen-bond acceptors (Lipinski definition) is 2. The van der Waals surface area contributed by atoms with Crippen molar-refractivity contribution in [2.75, 3.05) is 20.1 Å². The van der Waals surface area contributed by atoms with E-state index in [1.165, 1.54) is 0 Å². The van der Waals surface area contributed by atoms with E-state index < -0.39 is 0 Å². The summed E-state index contributed by atoms with van der Waals surface area (Å²) in [4.78, 5) is 6.78. The van der Waals surface area contributed by atoms with E-state index in [0.717, 1.165) is 37.5 Å². The number of piperidine rings is 1. The van der Waals surface area contributed by atoms with Gasteiger partial charge < -0.3 is 15.5 Å². The van der Waals surface area contributed by atoms with Gasteiger partial charge in [-0.25, -0.2) is 4.39 Å². The van der Waals surface area contributed by atoms with Crippen molar-refractivity contribution < 1.29 is 4.39 Å². The first-order chi connectivity index (χ1) is 11.0. The molecule has 0 aliphatic carbocycles. The van der Waals surface area contributed by atoms with Crippen LogP contribution in [0.1, 0.15) is 37.8 Å². The van der Waals surface area contributed by atoms with Gasteiger partial charge in [-0.05, 0) is 50.8 Å². The molecule has 2 N–H and O–H groups in total. The number of nitrogens with one attached hydrogen (secondary N) is 2. The van der Waals surface area contributed by atoms with Crippen LogP contribution in [0.15, 0.2) is 23.2 Å². The van der Waals surface area contributed by atoms with Crippen molar-refractivity contribution in [3.8, 4) is 0 Å². The van der Waals surface area contributed by atoms with E-state index in [0.29, 0.717) is 24.2 Å². The Morgan fingerprint density at radius 2 is 2.00 bits per heavy atom. The molecular weight excluding hydrogens is 418 g/mol. The summed E-state index contributed by atoms with van der Waals surface area (Å²) in [6.45, 7) is 9.08. The molecule has 24 heavy (non-hydrogen) atoms. The van der Waals surface area contributed by atoms with Crippen LogP contribution >= 0.6 is 24.0 Å². The molecule has 6 heteroatoms. The summed E-state index contributed by atoms with van der Waals surface area (Å²) in [5.74, 6) is 0.627. The molecule has 0 amide bonds.